The average molecular weight is 303 g/mol. The summed E-state index contributed by atoms with van der Waals surface area (Å²) in [6.45, 7) is 0.722. The second-order valence-corrected chi connectivity index (χ2v) is 5.59. The van der Waals surface area contributed by atoms with Crippen molar-refractivity contribution in [3.05, 3.63) is 70.7 Å². The van der Waals surface area contributed by atoms with E-state index < -0.39 is 0 Å². The lowest BCUT2D eigenvalue weighted by atomic mass is 10.1. The Hall–Kier alpha value is -1.84. The summed E-state index contributed by atoms with van der Waals surface area (Å²) in [7, 11) is 3.97. The first kappa shape index (κ1) is 15.5. The van der Waals surface area contributed by atoms with Crippen molar-refractivity contribution in [2.75, 3.05) is 20.6 Å². The molecule has 0 aliphatic carbocycles. The number of amides is 1. The molecular weight excluding hydrogens is 284 g/mol. The number of hydrogen-bond donors (Lipinski definition) is 1. The lowest BCUT2D eigenvalue weighted by Gasteiger charge is -2.23. The maximum atomic E-state index is 12.4. The second kappa shape index (κ2) is 7.25. The van der Waals surface area contributed by atoms with Gasteiger partial charge in [0.1, 0.15) is 0 Å². The fourth-order valence-corrected chi connectivity index (χ4v) is 2.39. The number of nitrogens with one attached hydrogen (secondary N) is 1. The van der Waals surface area contributed by atoms with Gasteiger partial charge in [-0.25, -0.2) is 0 Å². The van der Waals surface area contributed by atoms with E-state index >= 15 is 0 Å². The Kier molecular flexibility index (Phi) is 5.37. The van der Waals surface area contributed by atoms with Crippen molar-refractivity contribution in [2.24, 2.45) is 0 Å². The molecule has 1 N–H and O–H groups in total. The van der Waals surface area contributed by atoms with E-state index in [9.17, 15) is 4.79 Å². The molecule has 1 atom stereocenters. The summed E-state index contributed by atoms with van der Waals surface area (Å²) >= 11 is 6.08. The molecule has 0 aromatic heterocycles. The van der Waals surface area contributed by atoms with Crippen molar-refractivity contribution in [1.82, 2.24) is 10.2 Å². The molecule has 2 rings (SSSR count). The van der Waals surface area contributed by atoms with E-state index in [1.54, 1.807) is 12.1 Å². The lowest BCUT2D eigenvalue weighted by molar-refractivity contribution is 0.0930. The van der Waals surface area contributed by atoms with Gasteiger partial charge in [0.25, 0.3) is 5.91 Å². The summed E-state index contributed by atoms with van der Waals surface area (Å²) in [6.07, 6.45) is 0. The highest BCUT2D eigenvalue weighted by Gasteiger charge is 2.17. The molecule has 4 heteroatoms. The van der Waals surface area contributed by atoms with E-state index in [2.05, 4.69) is 5.32 Å². The summed E-state index contributed by atoms with van der Waals surface area (Å²) < 4.78 is 0. The van der Waals surface area contributed by atoms with E-state index in [4.69, 9.17) is 11.6 Å². The van der Waals surface area contributed by atoms with E-state index in [1.807, 2.05) is 61.5 Å². The average Bonchev–Trinajstić information content (AvgIpc) is 2.47. The predicted octanol–water partition coefficient (Wildman–Crippen LogP) is 3.37. The van der Waals surface area contributed by atoms with Crippen LogP contribution in [-0.2, 0) is 0 Å². The van der Waals surface area contributed by atoms with E-state index in [1.165, 1.54) is 0 Å². The standard InChI is InChI=1S/C17H19ClN2O/c1-20(2)12-16(13-8-4-3-5-9-13)19-17(21)14-10-6-7-11-15(14)18/h3-11,16H,12H2,1-2H3,(H,19,21)/t16-/m1/s1. The smallest absolute Gasteiger partial charge is 0.253 e. The van der Waals surface area contributed by atoms with Crippen LogP contribution in [0.1, 0.15) is 22.0 Å². The van der Waals surface area contributed by atoms with Crippen LogP contribution in [0.2, 0.25) is 5.02 Å². The summed E-state index contributed by atoms with van der Waals surface area (Å²) in [5, 5.41) is 3.52. The van der Waals surface area contributed by atoms with E-state index in [0.717, 1.165) is 12.1 Å². The highest BCUT2D eigenvalue weighted by molar-refractivity contribution is 6.33. The van der Waals surface area contributed by atoms with Gasteiger partial charge in [0.2, 0.25) is 0 Å². The van der Waals surface area contributed by atoms with E-state index in [-0.39, 0.29) is 11.9 Å². The molecule has 2 aromatic carbocycles. The number of hydrogen-bond acceptors (Lipinski definition) is 2. The monoisotopic (exact) mass is 302 g/mol. The number of nitrogens with zero attached hydrogens (tertiary/aromatic N) is 1. The second-order valence-electron chi connectivity index (χ2n) is 5.18. The molecule has 21 heavy (non-hydrogen) atoms. The fraction of sp³-hybridized carbons (Fsp3) is 0.235. The molecule has 0 radical (unpaired) electrons. The third-order valence-corrected chi connectivity index (χ3v) is 3.50. The van der Waals surface area contributed by atoms with Gasteiger partial charge in [-0.05, 0) is 31.8 Å². The molecule has 0 heterocycles. The first-order valence-electron chi connectivity index (χ1n) is 6.83. The van der Waals surface area contributed by atoms with Gasteiger partial charge in [-0.2, -0.15) is 0 Å². The molecular formula is C17H19ClN2O. The van der Waals surface area contributed by atoms with Gasteiger partial charge in [-0.15, -0.1) is 0 Å². The quantitative estimate of drug-likeness (QED) is 0.918. The number of likely N-dealkylation sites (N-methyl/N-ethyl adjacent to an activating group) is 1. The Morgan fingerprint density at radius 3 is 2.33 bits per heavy atom. The van der Waals surface area contributed by atoms with Gasteiger partial charge >= 0.3 is 0 Å². The van der Waals surface area contributed by atoms with Crippen molar-refractivity contribution in [1.29, 1.82) is 0 Å². The first-order valence-corrected chi connectivity index (χ1v) is 7.21. The SMILES string of the molecule is CN(C)C[C@@H](NC(=O)c1ccccc1Cl)c1ccccc1. The molecule has 0 unspecified atom stereocenters. The number of benzene rings is 2. The zero-order valence-corrected chi connectivity index (χ0v) is 13.0. The van der Waals surface area contributed by atoms with E-state index in [0.29, 0.717) is 10.6 Å². The van der Waals surface area contributed by atoms with Crippen molar-refractivity contribution >= 4 is 17.5 Å². The minimum atomic E-state index is -0.156. The third-order valence-electron chi connectivity index (χ3n) is 3.17. The van der Waals surface area contributed by atoms with Crippen molar-refractivity contribution in [2.45, 2.75) is 6.04 Å². The zero-order chi connectivity index (χ0) is 15.2. The molecule has 0 saturated heterocycles. The molecule has 0 aliphatic rings. The molecule has 0 fully saturated rings. The Morgan fingerprint density at radius 1 is 1.10 bits per heavy atom. The lowest BCUT2D eigenvalue weighted by Crippen LogP contribution is -2.35. The highest BCUT2D eigenvalue weighted by Crippen LogP contribution is 2.18. The summed E-state index contributed by atoms with van der Waals surface area (Å²) in [4.78, 5) is 14.5. The normalized spacial score (nSPS) is 12.2. The van der Waals surface area contributed by atoms with Crippen LogP contribution in [0.3, 0.4) is 0 Å². The van der Waals surface area contributed by atoms with Gasteiger partial charge < -0.3 is 10.2 Å². The number of rotatable bonds is 5. The topological polar surface area (TPSA) is 32.3 Å². The minimum Gasteiger partial charge on any atom is -0.344 e. The van der Waals surface area contributed by atoms with Gasteiger partial charge in [0, 0.05) is 6.54 Å². The number of carbonyl (C=O) groups excluding carboxylic acids is 1. The van der Waals surface area contributed by atoms with Gasteiger partial charge in [-0.3, -0.25) is 4.79 Å². The summed E-state index contributed by atoms with van der Waals surface area (Å²) in [6, 6.07) is 16.9. The van der Waals surface area contributed by atoms with Gasteiger partial charge in [-0.1, -0.05) is 54.1 Å². The highest BCUT2D eigenvalue weighted by atomic mass is 35.5. The molecule has 3 nitrogen and oxygen atoms in total. The van der Waals surface area contributed by atoms with Crippen LogP contribution < -0.4 is 5.32 Å². The first-order chi connectivity index (χ1) is 10.1. The Balaban J connectivity index is 2.19. The van der Waals surface area contributed by atoms with Crippen LogP contribution in [0.15, 0.2) is 54.6 Å². The van der Waals surface area contributed by atoms with Crippen LogP contribution in [0.25, 0.3) is 0 Å². The zero-order valence-electron chi connectivity index (χ0n) is 12.2. The number of carbonyl (C=O) groups is 1. The fourth-order valence-electron chi connectivity index (χ4n) is 2.17. The van der Waals surface area contributed by atoms with Crippen molar-refractivity contribution < 1.29 is 4.79 Å². The molecule has 110 valence electrons. The maximum absolute atomic E-state index is 12.4. The molecule has 0 bridgehead atoms. The van der Waals surface area contributed by atoms with Crippen molar-refractivity contribution in [3.63, 3.8) is 0 Å². The molecule has 1 amide bonds. The Morgan fingerprint density at radius 2 is 1.71 bits per heavy atom. The third kappa shape index (κ3) is 4.31. The predicted molar refractivity (Wildman–Crippen MR) is 86.7 cm³/mol. The Bertz CT molecular complexity index is 599. The summed E-state index contributed by atoms with van der Waals surface area (Å²) in [5.74, 6) is -0.156. The van der Waals surface area contributed by atoms with Crippen LogP contribution in [-0.4, -0.2) is 31.4 Å². The Labute approximate surface area is 130 Å². The molecule has 0 saturated carbocycles. The van der Waals surface area contributed by atoms with Gasteiger partial charge in [0.15, 0.2) is 0 Å². The number of halogens is 1. The molecule has 2 aromatic rings. The minimum absolute atomic E-state index is 0.0787. The largest absolute Gasteiger partial charge is 0.344 e. The maximum Gasteiger partial charge on any atom is 0.253 e. The van der Waals surface area contributed by atoms with Crippen molar-refractivity contribution in [3.8, 4) is 0 Å². The van der Waals surface area contributed by atoms with Crippen LogP contribution in [0.5, 0.6) is 0 Å². The van der Waals surface area contributed by atoms with Crippen LogP contribution in [0.4, 0.5) is 0 Å². The van der Waals surface area contributed by atoms with Crippen LogP contribution >= 0.6 is 11.6 Å². The van der Waals surface area contributed by atoms with Crippen LogP contribution in [0, 0.1) is 0 Å². The van der Waals surface area contributed by atoms with Gasteiger partial charge in [0.05, 0.1) is 16.6 Å². The molecule has 0 aliphatic heterocycles. The molecule has 0 spiro atoms. The summed E-state index contributed by atoms with van der Waals surface area (Å²) in [5.41, 5.74) is 1.57.